The summed E-state index contributed by atoms with van der Waals surface area (Å²) in [7, 11) is 1.36. The third-order valence-corrected chi connectivity index (χ3v) is 2.81. The van der Waals surface area contributed by atoms with Gasteiger partial charge in [-0.3, -0.25) is 4.79 Å². The minimum Gasteiger partial charge on any atom is -0.469 e. The molecule has 1 N–H and O–H groups in total. The first-order valence-corrected chi connectivity index (χ1v) is 5.67. The summed E-state index contributed by atoms with van der Waals surface area (Å²) in [4.78, 5) is 18.3. The van der Waals surface area contributed by atoms with Crippen molar-refractivity contribution in [1.82, 2.24) is 9.97 Å². The molecule has 0 fully saturated rings. The predicted molar refractivity (Wildman–Crippen MR) is 64.5 cm³/mol. The van der Waals surface area contributed by atoms with E-state index in [9.17, 15) is 4.79 Å². The van der Waals surface area contributed by atoms with Gasteiger partial charge >= 0.3 is 5.97 Å². The van der Waals surface area contributed by atoms with Crippen molar-refractivity contribution < 1.29 is 9.53 Å². The number of aromatic amines is 1. The Morgan fingerprint density at radius 3 is 3.06 bits per heavy atom. The van der Waals surface area contributed by atoms with Crippen LogP contribution in [0.25, 0.3) is 11.0 Å². The van der Waals surface area contributed by atoms with Gasteiger partial charge in [0.05, 0.1) is 24.1 Å². The van der Waals surface area contributed by atoms with Crippen LogP contribution in [0.3, 0.4) is 0 Å². The number of ether oxygens (including phenoxy) is 1. The van der Waals surface area contributed by atoms with Crippen molar-refractivity contribution in [3.8, 4) is 0 Å². The van der Waals surface area contributed by atoms with Crippen molar-refractivity contribution in [3.63, 3.8) is 0 Å². The maximum absolute atomic E-state index is 11.1. The molecule has 6 heteroatoms. The largest absolute Gasteiger partial charge is 0.469 e. The number of carbonyl (C=O) groups excluding carboxylic acids is 1. The van der Waals surface area contributed by atoms with Crippen molar-refractivity contribution in [2.24, 2.45) is 0 Å². The summed E-state index contributed by atoms with van der Waals surface area (Å²) in [5.41, 5.74) is 2.26. The SMILES string of the molecule is COC(=O)Cc1cc(Cl)c2nc(Br)[nH]c2c1. The first-order valence-electron chi connectivity index (χ1n) is 4.50. The lowest BCUT2D eigenvalue weighted by molar-refractivity contribution is -0.139. The molecule has 0 atom stereocenters. The van der Waals surface area contributed by atoms with E-state index in [2.05, 4.69) is 30.6 Å². The van der Waals surface area contributed by atoms with Gasteiger partial charge in [-0.2, -0.15) is 0 Å². The summed E-state index contributed by atoms with van der Waals surface area (Å²) in [6.07, 6.45) is 0.197. The van der Waals surface area contributed by atoms with Crippen molar-refractivity contribution in [2.45, 2.75) is 6.42 Å². The molecule has 1 heterocycles. The van der Waals surface area contributed by atoms with Gasteiger partial charge in [0.25, 0.3) is 0 Å². The van der Waals surface area contributed by atoms with E-state index in [1.165, 1.54) is 7.11 Å². The zero-order valence-corrected chi connectivity index (χ0v) is 10.7. The molecule has 0 radical (unpaired) electrons. The summed E-state index contributed by atoms with van der Waals surface area (Å²) in [5, 5.41) is 0.512. The first-order chi connectivity index (χ1) is 7.60. The van der Waals surface area contributed by atoms with Crippen LogP contribution >= 0.6 is 27.5 Å². The minimum atomic E-state index is -0.297. The number of methoxy groups -OCH3 is 1. The number of benzene rings is 1. The van der Waals surface area contributed by atoms with E-state index in [0.29, 0.717) is 15.3 Å². The number of fused-ring (bicyclic) bond motifs is 1. The molecule has 0 aliphatic carbocycles. The average molecular weight is 304 g/mol. The maximum Gasteiger partial charge on any atom is 0.309 e. The van der Waals surface area contributed by atoms with Gasteiger partial charge < -0.3 is 9.72 Å². The molecule has 0 aliphatic heterocycles. The summed E-state index contributed by atoms with van der Waals surface area (Å²) in [6, 6.07) is 3.55. The second-order valence-corrected chi connectivity index (χ2v) is 4.41. The van der Waals surface area contributed by atoms with Gasteiger partial charge in [0, 0.05) is 0 Å². The van der Waals surface area contributed by atoms with E-state index in [4.69, 9.17) is 11.6 Å². The molecular weight excluding hydrogens is 295 g/mol. The number of hydrogen-bond donors (Lipinski definition) is 1. The van der Waals surface area contributed by atoms with E-state index >= 15 is 0 Å². The number of halogens is 2. The number of carbonyl (C=O) groups is 1. The van der Waals surface area contributed by atoms with E-state index in [1.807, 2.05) is 6.07 Å². The van der Waals surface area contributed by atoms with Crippen molar-refractivity contribution in [2.75, 3.05) is 7.11 Å². The molecule has 0 amide bonds. The van der Waals surface area contributed by atoms with Gasteiger partial charge in [-0.1, -0.05) is 11.6 Å². The maximum atomic E-state index is 11.1. The highest BCUT2D eigenvalue weighted by atomic mass is 79.9. The highest BCUT2D eigenvalue weighted by molar-refractivity contribution is 9.10. The van der Waals surface area contributed by atoms with Crippen molar-refractivity contribution in [1.29, 1.82) is 0 Å². The summed E-state index contributed by atoms with van der Waals surface area (Å²) in [5.74, 6) is -0.297. The second-order valence-electron chi connectivity index (χ2n) is 3.25. The zero-order chi connectivity index (χ0) is 11.7. The highest BCUT2D eigenvalue weighted by Gasteiger charge is 2.09. The van der Waals surface area contributed by atoms with Gasteiger partial charge in [-0.25, -0.2) is 4.98 Å². The molecule has 0 bridgehead atoms. The highest BCUT2D eigenvalue weighted by Crippen LogP contribution is 2.25. The quantitative estimate of drug-likeness (QED) is 0.868. The molecule has 0 aliphatic rings. The van der Waals surface area contributed by atoms with Crippen LogP contribution in [0.5, 0.6) is 0 Å². The van der Waals surface area contributed by atoms with Crippen LogP contribution in [0.4, 0.5) is 0 Å². The predicted octanol–water partition coefficient (Wildman–Crippen LogP) is 2.69. The fourth-order valence-electron chi connectivity index (χ4n) is 1.44. The Labute approximate surface area is 105 Å². The lowest BCUT2D eigenvalue weighted by Crippen LogP contribution is -2.04. The third-order valence-electron chi connectivity index (χ3n) is 2.15. The molecule has 0 saturated heterocycles. The normalized spacial score (nSPS) is 10.7. The Kier molecular flexibility index (Phi) is 3.16. The van der Waals surface area contributed by atoms with E-state index in [0.717, 1.165) is 11.1 Å². The Balaban J connectivity index is 2.45. The first kappa shape index (κ1) is 11.4. The standard InChI is InChI=1S/C10H8BrClN2O2/c1-16-8(15)4-5-2-6(12)9-7(3-5)13-10(11)14-9/h2-3H,4H2,1H3,(H,13,14). The molecule has 0 spiro atoms. The van der Waals surface area contributed by atoms with Crippen LogP contribution in [-0.2, 0) is 16.0 Å². The number of H-pyrrole nitrogens is 1. The minimum absolute atomic E-state index is 0.197. The number of imidazole rings is 1. The van der Waals surface area contributed by atoms with Crippen LogP contribution in [0.1, 0.15) is 5.56 Å². The van der Waals surface area contributed by atoms with Crippen molar-refractivity contribution >= 4 is 44.5 Å². The number of nitrogens with zero attached hydrogens (tertiary/aromatic N) is 1. The molecule has 4 nitrogen and oxygen atoms in total. The smallest absolute Gasteiger partial charge is 0.309 e. The average Bonchev–Trinajstić information content (AvgIpc) is 2.59. The number of rotatable bonds is 2. The number of nitrogens with one attached hydrogen (secondary N) is 1. The molecule has 0 unspecified atom stereocenters. The fourth-order valence-corrected chi connectivity index (χ4v) is 2.12. The van der Waals surface area contributed by atoms with Gasteiger partial charge in [0.1, 0.15) is 5.52 Å². The van der Waals surface area contributed by atoms with Crippen LogP contribution in [0, 0.1) is 0 Å². The van der Waals surface area contributed by atoms with Crippen LogP contribution in [-0.4, -0.2) is 23.0 Å². The number of esters is 1. The lowest BCUT2D eigenvalue weighted by atomic mass is 10.1. The van der Waals surface area contributed by atoms with Gasteiger partial charge in [-0.15, -0.1) is 0 Å². The van der Waals surface area contributed by atoms with E-state index in [1.54, 1.807) is 6.07 Å². The summed E-state index contributed by atoms with van der Waals surface area (Å²) < 4.78 is 5.20. The molecule has 2 aromatic rings. The number of hydrogen-bond acceptors (Lipinski definition) is 3. The second kappa shape index (κ2) is 4.43. The number of aromatic nitrogens is 2. The Morgan fingerprint density at radius 1 is 1.62 bits per heavy atom. The zero-order valence-electron chi connectivity index (χ0n) is 8.38. The molecule has 16 heavy (non-hydrogen) atoms. The van der Waals surface area contributed by atoms with E-state index < -0.39 is 0 Å². The Morgan fingerprint density at radius 2 is 2.38 bits per heavy atom. The molecule has 0 saturated carbocycles. The fraction of sp³-hybridized carbons (Fsp3) is 0.200. The topological polar surface area (TPSA) is 55.0 Å². The Bertz CT molecular complexity index is 553. The lowest BCUT2D eigenvalue weighted by Gasteiger charge is -2.01. The van der Waals surface area contributed by atoms with Crippen molar-refractivity contribution in [3.05, 3.63) is 27.5 Å². The molecular formula is C10H8BrClN2O2. The molecule has 1 aromatic heterocycles. The monoisotopic (exact) mass is 302 g/mol. The van der Waals surface area contributed by atoms with E-state index in [-0.39, 0.29) is 12.4 Å². The van der Waals surface area contributed by atoms with Crippen LogP contribution in [0.15, 0.2) is 16.9 Å². The van der Waals surface area contributed by atoms with Crippen LogP contribution < -0.4 is 0 Å². The van der Waals surface area contributed by atoms with Gasteiger partial charge in [0.15, 0.2) is 4.73 Å². The molecule has 1 aromatic carbocycles. The molecule has 84 valence electrons. The van der Waals surface area contributed by atoms with Crippen LogP contribution in [0.2, 0.25) is 5.02 Å². The molecule has 2 rings (SSSR count). The van der Waals surface area contributed by atoms with Gasteiger partial charge in [0.2, 0.25) is 0 Å². The van der Waals surface area contributed by atoms with Gasteiger partial charge in [-0.05, 0) is 33.6 Å². The summed E-state index contributed by atoms with van der Waals surface area (Å²) in [6.45, 7) is 0. The Hall–Kier alpha value is -1.07. The summed E-state index contributed by atoms with van der Waals surface area (Å²) >= 11 is 9.28. The third kappa shape index (κ3) is 2.20.